The number of hydrogen-bond acceptors (Lipinski definition) is 5. The van der Waals surface area contributed by atoms with E-state index in [1.807, 2.05) is 0 Å². The summed E-state index contributed by atoms with van der Waals surface area (Å²) in [5, 5.41) is 5.72. The maximum absolute atomic E-state index is 12.6. The van der Waals surface area contributed by atoms with Crippen molar-refractivity contribution in [3.63, 3.8) is 0 Å². The van der Waals surface area contributed by atoms with Gasteiger partial charge in [0.25, 0.3) is 0 Å². The number of sulfone groups is 1. The number of rotatable bonds is 4. The quantitative estimate of drug-likeness (QED) is 0.730. The molecule has 2 fully saturated rings. The third-order valence-electron chi connectivity index (χ3n) is 5.40. The van der Waals surface area contributed by atoms with Gasteiger partial charge in [0, 0.05) is 25.1 Å². The van der Waals surface area contributed by atoms with Gasteiger partial charge in [-0.25, -0.2) is 13.4 Å². The summed E-state index contributed by atoms with van der Waals surface area (Å²) in [7, 11) is -2.99. The number of amides is 2. The summed E-state index contributed by atoms with van der Waals surface area (Å²) < 4.78 is 23.3. The number of hydrogen-bond donors (Lipinski definition) is 2. The van der Waals surface area contributed by atoms with Crippen LogP contribution in [0.1, 0.15) is 57.4 Å². The van der Waals surface area contributed by atoms with Gasteiger partial charge in [0.1, 0.15) is 11.4 Å². The SMILES string of the molecule is CC(=O)Nc1ccc(C#CC2(NC(=O)CC3CCS(=O)(=O)C3)CCCCC2)cn1. The van der Waals surface area contributed by atoms with Crippen molar-refractivity contribution >= 4 is 27.5 Å². The van der Waals surface area contributed by atoms with E-state index in [2.05, 4.69) is 27.5 Å². The zero-order valence-electron chi connectivity index (χ0n) is 16.7. The first-order chi connectivity index (χ1) is 13.8. The van der Waals surface area contributed by atoms with Gasteiger partial charge in [0.2, 0.25) is 11.8 Å². The van der Waals surface area contributed by atoms with Crippen LogP contribution in [0.25, 0.3) is 0 Å². The van der Waals surface area contributed by atoms with Crippen LogP contribution in [0, 0.1) is 17.8 Å². The van der Waals surface area contributed by atoms with Crippen LogP contribution in [0.5, 0.6) is 0 Å². The van der Waals surface area contributed by atoms with Gasteiger partial charge < -0.3 is 10.6 Å². The minimum Gasteiger partial charge on any atom is -0.340 e. The van der Waals surface area contributed by atoms with Gasteiger partial charge in [-0.1, -0.05) is 31.1 Å². The molecule has 1 aliphatic heterocycles. The largest absolute Gasteiger partial charge is 0.340 e. The first kappa shape index (κ1) is 21.3. The van der Waals surface area contributed by atoms with Gasteiger partial charge in [-0.15, -0.1) is 0 Å². The lowest BCUT2D eigenvalue weighted by molar-refractivity contribution is -0.123. The second-order valence-corrected chi connectivity index (χ2v) is 10.3. The molecule has 7 nitrogen and oxygen atoms in total. The Hall–Kier alpha value is -2.40. The molecule has 0 bridgehead atoms. The zero-order valence-corrected chi connectivity index (χ0v) is 17.5. The summed E-state index contributed by atoms with van der Waals surface area (Å²) in [4.78, 5) is 27.9. The van der Waals surface area contributed by atoms with Gasteiger partial charge in [0.15, 0.2) is 9.84 Å². The third kappa shape index (κ3) is 6.29. The van der Waals surface area contributed by atoms with Crippen LogP contribution in [0.2, 0.25) is 0 Å². The third-order valence-corrected chi connectivity index (χ3v) is 7.24. The number of nitrogens with zero attached hydrogens (tertiary/aromatic N) is 1. The van der Waals surface area contributed by atoms with Crippen molar-refractivity contribution in [2.24, 2.45) is 5.92 Å². The molecular weight excluding hydrogens is 390 g/mol. The summed E-state index contributed by atoms with van der Waals surface area (Å²) >= 11 is 0. The first-order valence-corrected chi connectivity index (χ1v) is 11.9. The Balaban J connectivity index is 1.68. The second kappa shape index (κ2) is 8.95. The van der Waals surface area contributed by atoms with E-state index >= 15 is 0 Å². The Kier molecular flexibility index (Phi) is 6.58. The highest BCUT2D eigenvalue weighted by Gasteiger charge is 2.34. The van der Waals surface area contributed by atoms with E-state index in [1.54, 1.807) is 18.3 Å². The molecule has 3 rings (SSSR count). The standard InChI is InChI=1S/C21H27N3O4S/c1-16(25)23-19-6-5-17(14-22-19)7-11-21(9-3-2-4-10-21)24-20(26)13-18-8-12-29(27,28)15-18/h5-6,14,18H,2-4,8-10,12-13,15H2,1H3,(H,24,26)(H,22,23,25). The van der Waals surface area contributed by atoms with Crippen molar-refractivity contribution in [1.29, 1.82) is 0 Å². The number of aromatic nitrogens is 1. The first-order valence-electron chi connectivity index (χ1n) is 10.0. The summed E-state index contributed by atoms with van der Waals surface area (Å²) in [5.74, 6) is 6.71. The normalized spacial score (nSPS) is 22.2. The Morgan fingerprint density at radius 3 is 2.59 bits per heavy atom. The van der Waals surface area contributed by atoms with Crippen LogP contribution in [0.15, 0.2) is 18.3 Å². The van der Waals surface area contributed by atoms with Crippen molar-refractivity contribution in [2.45, 2.75) is 57.4 Å². The molecule has 2 aliphatic rings. The van der Waals surface area contributed by atoms with E-state index in [0.29, 0.717) is 17.8 Å². The van der Waals surface area contributed by atoms with Crippen molar-refractivity contribution in [3.05, 3.63) is 23.9 Å². The monoisotopic (exact) mass is 417 g/mol. The number of pyridine rings is 1. The molecule has 29 heavy (non-hydrogen) atoms. The predicted octanol–water partition coefficient (Wildman–Crippen LogP) is 2.04. The summed E-state index contributed by atoms with van der Waals surface area (Å²) in [5.41, 5.74) is 0.128. The van der Waals surface area contributed by atoms with E-state index in [9.17, 15) is 18.0 Å². The highest BCUT2D eigenvalue weighted by molar-refractivity contribution is 7.91. The Labute approximate surface area is 172 Å². The van der Waals surface area contributed by atoms with Crippen LogP contribution < -0.4 is 10.6 Å². The zero-order chi connectivity index (χ0) is 20.9. The van der Waals surface area contributed by atoms with E-state index in [1.165, 1.54) is 6.92 Å². The van der Waals surface area contributed by atoms with Crippen molar-refractivity contribution in [2.75, 3.05) is 16.8 Å². The average molecular weight is 418 g/mol. The molecule has 8 heteroatoms. The van der Waals surface area contributed by atoms with E-state index < -0.39 is 15.4 Å². The Morgan fingerprint density at radius 1 is 1.24 bits per heavy atom. The molecule has 1 aromatic heterocycles. The van der Waals surface area contributed by atoms with Gasteiger partial charge in [-0.3, -0.25) is 9.59 Å². The molecule has 0 radical (unpaired) electrons. The summed E-state index contributed by atoms with van der Waals surface area (Å²) in [6.07, 6.45) is 7.06. The highest BCUT2D eigenvalue weighted by Crippen LogP contribution is 2.29. The molecule has 1 atom stereocenters. The second-order valence-electron chi connectivity index (χ2n) is 8.03. The smallest absolute Gasteiger partial charge is 0.222 e. The van der Waals surface area contributed by atoms with Crippen molar-refractivity contribution in [1.82, 2.24) is 10.3 Å². The van der Waals surface area contributed by atoms with Crippen LogP contribution >= 0.6 is 0 Å². The van der Waals surface area contributed by atoms with Crippen LogP contribution in [0.3, 0.4) is 0 Å². The fourth-order valence-corrected chi connectivity index (χ4v) is 5.83. The molecule has 2 amide bonds. The molecular formula is C21H27N3O4S. The highest BCUT2D eigenvalue weighted by atomic mass is 32.2. The lowest BCUT2D eigenvalue weighted by Crippen LogP contribution is -2.49. The average Bonchev–Trinajstić information content (AvgIpc) is 2.99. The van der Waals surface area contributed by atoms with E-state index in [4.69, 9.17) is 0 Å². The van der Waals surface area contributed by atoms with E-state index in [-0.39, 0.29) is 35.7 Å². The minimum absolute atomic E-state index is 0.0980. The molecule has 1 saturated carbocycles. The van der Waals surface area contributed by atoms with Gasteiger partial charge in [-0.2, -0.15) is 0 Å². The maximum Gasteiger partial charge on any atom is 0.222 e. The van der Waals surface area contributed by atoms with Crippen molar-refractivity contribution in [3.8, 4) is 11.8 Å². The molecule has 156 valence electrons. The van der Waals surface area contributed by atoms with Crippen molar-refractivity contribution < 1.29 is 18.0 Å². The summed E-state index contributed by atoms with van der Waals surface area (Å²) in [6.45, 7) is 1.42. The van der Waals surface area contributed by atoms with E-state index in [0.717, 1.165) is 32.1 Å². The molecule has 1 unspecified atom stereocenters. The Bertz CT molecular complexity index is 923. The maximum atomic E-state index is 12.6. The number of anilines is 1. The number of nitrogens with one attached hydrogen (secondary N) is 2. The minimum atomic E-state index is -2.99. The molecule has 1 saturated heterocycles. The van der Waals surface area contributed by atoms with Gasteiger partial charge >= 0.3 is 0 Å². The van der Waals surface area contributed by atoms with Gasteiger partial charge in [-0.05, 0) is 37.3 Å². The lowest BCUT2D eigenvalue weighted by atomic mass is 9.81. The molecule has 2 heterocycles. The van der Waals surface area contributed by atoms with Gasteiger partial charge in [0.05, 0.1) is 11.5 Å². The molecule has 0 aromatic carbocycles. The number of carbonyl (C=O) groups excluding carboxylic acids is 2. The lowest BCUT2D eigenvalue weighted by Gasteiger charge is -2.33. The molecule has 0 spiro atoms. The fraction of sp³-hybridized carbons (Fsp3) is 0.571. The van der Waals surface area contributed by atoms with Crippen LogP contribution in [-0.2, 0) is 19.4 Å². The fourth-order valence-electron chi connectivity index (χ4n) is 3.96. The summed E-state index contributed by atoms with van der Waals surface area (Å²) in [6, 6.07) is 3.48. The topological polar surface area (TPSA) is 105 Å². The predicted molar refractivity (Wildman–Crippen MR) is 111 cm³/mol. The van der Waals surface area contributed by atoms with Crippen LogP contribution in [0.4, 0.5) is 5.82 Å². The number of carbonyl (C=O) groups is 2. The molecule has 1 aromatic rings. The molecule has 2 N–H and O–H groups in total. The molecule has 1 aliphatic carbocycles. The van der Waals surface area contributed by atoms with Crippen LogP contribution in [-0.4, -0.2) is 42.3 Å². The Morgan fingerprint density at radius 2 is 2.00 bits per heavy atom.